The van der Waals surface area contributed by atoms with E-state index in [1.165, 1.54) is 6.42 Å². The van der Waals surface area contributed by atoms with Gasteiger partial charge < -0.3 is 13.9 Å². The van der Waals surface area contributed by atoms with Gasteiger partial charge in [-0.2, -0.15) is 0 Å². The highest BCUT2D eigenvalue weighted by Gasteiger charge is 2.57. The first-order chi connectivity index (χ1) is 14.4. The molecule has 0 heterocycles. The molecular formula is C25H36O5Si. The number of ketones is 1. The smallest absolute Gasteiger partial charge is 0.338 e. The molecule has 0 amide bonds. The fourth-order valence-electron chi connectivity index (χ4n) is 5.72. The Kier molecular flexibility index (Phi) is 5.52. The van der Waals surface area contributed by atoms with Crippen LogP contribution in [-0.2, 0) is 9.53 Å². The summed E-state index contributed by atoms with van der Waals surface area (Å²) in [6.45, 7) is 11.1. The average Bonchev–Trinajstić information content (AvgIpc) is 2.68. The number of Topliss-reactive ketones (excluding diaryl/α,β-unsaturated/α-hetero) is 1. The second-order valence-corrected chi connectivity index (χ2v) is 16.2. The normalized spacial score (nSPS) is 29.7. The molecule has 31 heavy (non-hydrogen) atoms. The van der Waals surface area contributed by atoms with Crippen LogP contribution in [0.1, 0.15) is 63.2 Å². The molecule has 2 atom stereocenters. The Hall–Kier alpha value is -1.82. The monoisotopic (exact) mass is 444 g/mol. The van der Waals surface area contributed by atoms with Gasteiger partial charge in [0, 0.05) is 5.92 Å². The van der Waals surface area contributed by atoms with Gasteiger partial charge in [0.05, 0.1) is 18.1 Å². The number of carbonyl (C=O) groups excluding carboxylic acids is 2. The number of rotatable bonds is 6. The SMILES string of the molecule is COc1ccc(C(=O)OCC23CC4CC(CC(C4)C2=O)C3)cc1O[Si](C)(C)C(C)(C)C. The lowest BCUT2D eigenvalue weighted by Gasteiger charge is -2.54. The molecule has 4 aliphatic rings. The third-order valence-corrected chi connectivity index (χ3v) is 12.5. The van der Waals surface area contributed by atoms with Crippen LogP contribution in [-0.4, -0.2) is 33.8 Å². The third-order valence-electron chi connectivity index (χ3n) is 8.20. The zero-order valence-corrected chi connectivity index (χ0v) is 20.7. The topological polar surface area (TPSA) is 61.8 Å². The Morgan fingerprint density at radius 2 is 1.74 bits per heavy atom. The fraction of sp³-hybridized carbons (Fsp3) is 0.680. The third kappa shape index (κ3) is 4.03. The van der Waals surface area contributed by atoms with E-state index in [2.05, 4.69) is 33.9 Å². The van der Waals surface area contributed by atoms with Crippen molar-refractivity contribution in [2.75, 3.05) is 13.7 Å². The molecule has 1 aromatic carbocycles. The van der Waals surface area contributed by atoms with Crippen LogP contribution in [0.5, 0.6) is 11.5 Å². The maximum Gasteiger partial charge on any atom is 0.338 e. The van der Waals surface area contributed by atoms with Crippen molar-refractivity contribution in [3.63, 3.8) is 0 Å². The quantitative estimate of drug-likeness (QED) is 0.420. The van der Waals surface area contributed by atoms with Crippen LogP contribution in [0.4, 0.5) is 0 Å². The molecule has 0 spiro atoms. The van der Waals surface area contributed by atoms with Crippen molar-refractivity contribution >= 4 is 20.1 Å². The van der Waals surface area contributed by atoms with Crippen molar-refractivity contribution in [2.24, 2.45) is 23.2 Å². The second kappa shape index (κ2) is 7.64. The molecule has 0 aliphatic heterocycles. The Morgan fingerprint density at radius 3 is 2.32 bits per heavy atom. The predicted octanol–water partition coefficient (Wildman–Crippen LogP) is 5.63. The highest BCUT2D eigenvalue weighted by atomic mass is 28.4. The van der Waals surface area contributed by atoms with Crippen LogP contribution < -0.4 is 9.16 Å². The summed E-state index contributed by atoms with van der Waals surface area (Å²) in [6.07, 6.45) is 5.09. The van der Waals surface area contributed by atoms with Crippen LogP contribution in [0.15, 0.2) is 18.2 Å². The van der Waals surface area contributed by atoms with Gasteiger partial charge in [-0.3, -0.25) is 4.79 Å². The van der Waals surface area contributed by atoms with E-state index in [0.717, 1.165) is 25.7 Å². The molecule has 2 unspecified atom stereocenters. The molecule has 0 saturated heterocycles. The number of hydrogen-bond donors (Lipinski definition) is 0. The number of ether oxygens (including phenoxy) is 2. The van der Waals surface area contributed by atoms with Gasteiger partial charge in [0.1, 0.15) is 18.1 Å². The first kappa shape index (κ1) is 22.4. The Labute approximate surface area is 187 Å². The Morgan fingerprint density at radius 1 is 1.10 bits per heavy atom. The number of esters is 1. The van der Waals surface area contributed by atoms with Crippen molar-refractivity contribution in [2.45, 2.75) is 71.0 Å². The maximum absolute atomic E-state index is 13.0. The lowest BCUT2D eigenvalue weighted by Crippen LogP contribution is -2.55. The molecular weight excluding hydrogens is 408 g/mol. The van der Waals surface area contributed by atoms with Crippen LogP contribution in [0.2, 0.25) is 18.1 Å². The summed E-state index contributed by atoms with van der Waals surface area (Å²) >= 11 is 0. The number of methoxy groups -OCH3 is 1. The molecule has 4 saturated carbocycles. The Balaban J connectivity index is 1.50. The number of hydrogen-bond acceptors (Lipinski definition) is 5. The minimum Gasteiger partial charge on any atom is -0.541 e. The molecule has 4 aliphatic carbocycles. The first-order valence-electron chi connectivity index (χ1n) is 11.5. The molecule has 4 fully saturated rings. The summed E-state index contributed by atoms with van der Waals surface area (Å²) in [5.41, 5.74) is -0.0103. The van der Waals surface area contributed by atoms with E-state index in [0.29, 0.717) is 34.7 Å². The Bertz CT molecular complexity index is 870. The van der Waals surface area contributed by atoms with Gasteiger partial charge in [-0.1, -0.05) is 20.8 Å². The fourth-order valence-corrected chi connectivity index (χ4v) is 6.74. The van der Waals surface area contributed by atoms with Crippen molar-refractivity contribution in [3.8, 4) is 11.5 Å². The minimum absolute atomic E-state index is 0.0212. The second-order valence-electron chi connectivity index (χ2n) is 11.5. The van der Waals surface area contributed by atoms with Crippen LogP contribution in [0, 0.1) is 23.2 Å². The van der Waals surface area contributed by atoms with E-state index < -0.39 is 19.7 Å². The van der Waals surface area contributed by atoms with E-state index in [-0.39, 0.29) is 17.6 Å². The van der Waals surface area contributed by atoms with Crippen LogP contribution >= 0.6 is 0 Å². The summed E-state index contributed by atoms with van der Waals surface area (Å²) in [4.78, 5) is 25.9. The molecule has 1 aromatic rings. The zero-order chi connectivity index (χ0) is 22.6. The molecule has 4 bridgehead atoms. The largest absolute Gasteiger partial charge is 0.541 e. The summed E-state index contributed by atoms with van der Waals surface area (Å²) < 4.78 is 17.7. The molecule has 170 valence electrons. The van der Waals surface area contributed by atoms with Crippen LogP contribution in [0.3, 0.4) is 0 Å². The van der Waals surface area contributed by atoms with E-state index in [4.69, 9.17) is 13.9 Å². The highest BCUT2D eigenvalue weighted by Crippen LogP contribution is 2.58. The average molecular weight is 445 g/mol. The van der Waals surface area contributed by atoms with Gasteiger partial charge in [0.25, 0.3) is 8.32 Å². The summed E-state index contributed by atoms with van der Waals surface area (Å²) in [5.74, 6) is 2.57. The molecule has 0 radical (unpaired) electrons. The molecule has 5 rings (SSSR count). The van der Waals surface area contributed by atoms with Gasteiger partial charge >= 0.3 is 5.97 Å². The number of benzene rings is 1. The van der Waals surface area contributed by atoms with Crippen molar-refractivity contribution < 1.29 is 23.5 Å². The van der Waals surface area contributed by atoms with Crippen molar-refractivity contribution in [3.05, 3.63) is 23.8 Å². The van der Waals surface area contributed by atoms with E-state index >= 15 is 0 Å². The first-order valence-corrected chi connectivity index (χ1v) is 14.4. The predicted molar refractivity (Wildman–Crippen MR) is 122 cm³/mol. The van der Waals surface area contributed by atoms with Gasteiger partial charge in [-0.15, -0.1) is 0 Å². The lowest BCUT2D eigenvalue weighted by molar-refractivity contribution is -0.157. The van der Waals surface area contributed by atoms with Gasteiger partial charge in [0.15, 0.2) is 5.75 Å². The van der Waals surface area contributed by atoms with Gasteiger partial charge in [0.2, 0.25) is 0 Å². The maximum atomic E-state index is 13.0. The molecule has 6 heteroatoms. The standard InChI is InChI=1S/C25H36O5Si/c1-24(2,3)31(5,6)30-21-12-18(7-8-20(21)28-4)23(27)29-15-25-13-16-9-17(14-25)11-19(10-16)22(25)26/h7-8,12,16-17,19H,9-11,13-15H2,1-6H3. The van der Waals surface area contributed by atoms with E-state index in [9.17, 15) is 9.59 Å². The van der Waals surface area contributed by atoms with E-state index in [1.54, 1.807) is 25.3 Å². The molecule has 0 aromatic heterocycles. The summed E-state index contributed by atoms with van der Waals surface area (Å²) in [5, 5.41) is 0.0212. The van der Waals surface area contributed by atoms with Gasteiger partial charge in [-0.05, 0) is 80.3 Å². The van der Waals surface area contributed by atoms with Crippen LogP contribution in [0.25, 0.3) is 0 Å². The van der Waals surface area contributed by atoms with Crippen molar-refractivity contribution in [1.82, 2.24) is 0 Å². The minimum atomic E-state index is -2.10. The zero-order valence-electron chi connectivity index (χ0n) is 19.7. The molecule has 5 nitrogen and oxygen atoms in total. The summed E-state index contributed by atoms with van der Waals surface area (Å²) in [6, 6.07) is 5.19. The van der Waals surface area contributed by atoms with Crippen molar-refractivity contribution in [1.29, 1.82) is 0 Å². The number of carbonyl (C=O) groups is 2. The lowest BCUT2D eigenvalue weighted by atomic mass is 9.49. The van der Waals surface area contributed by atoms with Gasteiger partial charge in [-0.25, -0.2) is 4.79 Å². The molecule has 0 N–H and O–H groups in total. The highest BCUT2D eigenvalue weighted by molar-refractivity contribution is 6.74. The summed E-state index contributed by atoms with van der Waals surface area (Å²) in [7, 11) is -0.501. The van der Waals surface area contributed by atoms with E-state index in [1.807, 2.05) is 0 Å².